The number of hydrogen-bond donors (Lipinski definition) is 0. The van der Waals surface area contributed by atoms with Crippen LogP contribution in [0.15, 0.2) is 48.5 Å². The van der Waals surface area contributed by atoms with E-state index in [1.54, 1.807) is 13.2 Å². The molecule has 0 spiro atoms. The summed E-state index contributed by atoms with van der Waals surface area (Å²) in [5.41, 5.74) is 1.81. The number of carbonyl (C=O) groups is 1. The van der Waals surface area contributed by atoms with Crippen molar-refractivity contribution in [1.29, 1.82) is 0 Å². The maximum absolute atomic E-state index is 13.0. The molecule has 4 heteroatoms. The van der Waals surface area contributed by atoms with E-state index in [1.807, 2.05) is 63.2 Å². The second kappa shape index (κ2) is 7.60. The molecule has 0 aliphatic carbocycles. The summed E-state index contributed by atoms with van der Waals surface area (Å²) >= 11 is 0. The van der Waals surface area contributed by atoms with E-state index in [0.29, 0.717) is 17.7 Å². The Labute approximate surface area is 143 Å². The summed E-state index contributed by atoms with van der Waals surface area (Å²) in [5, 5.41) is 14.1. The fraction of sp³-hybridized carbons (Fsp3) is 0.350. The highest BCUT2D eigenvalue weighted by atomic mass is 16.5. The van der Waals surface area contributed by atoms with E-state index in [4.69, 9.17) is 4.74 Å². The fourth-order valence-corrected chi connectivity index (χ4v) is 2.70. The van der Waals surface area contributed by atoms with Crippen molar-refractivity contribution < 1.29 is 14.7 Å². The number of hydrogen-bond acceptors (Lipinski definition) is 3. The van der Waals surface area contributed by atoms with E-state index in [2.05, 4.69) is 0 Å². The minimum Gasteiger partial charge on any atom is -0.497 e. The van der Waals surface area contributed by atoms with Gasteiger partial charge in [-0.3, -0.25) is 4.79 Å². The largest absolute Gasteiger partial charge is 0.497 e. The molecule has 0 aromatic heterocycles. The van der Waals surface area contributed by atoms with Gasteiger partial charge in [-0.2, -0.15) is 0 Å². The van der Waals surface area contributed by atoms with E-state index < -0.39 is 11.6 Å². The van der Waals surface area contributed by atoms with Gasteiger partial charge in [-0.25, -0.2) is 0 Å². The van der Waals surface area contributed by atoms with Gasteiger partial charge in [0.15, 0.2) is 0 Å². The van der Waals surface area contributed by atoms with E-state index >= 15 is 0 Å². The molecule has 1 unspecified atom stereocenters. The van der Waals surface area contributed by atoms with Gasteiger partial charge in [0.25, 0.3) is 0 Å². The summed E-state index contributed by atoms with van der Waals surface area (Å²) < 4.78 is 5.29. The molecule has 2 rings (SSSR count). The lowest BCUT2D eigenvalue weighted by atomic mass is 9.93. The Morgan fingerprint density at radius 1 is 1.12 bits per heavy atom. The number of benzene rings is 2. The van der Waals surface area contributed by atoms with Crippen molar-refractivity contribution in [2.45, 2.75) is 38.8 Å². The van der Waals surface area contributed by atoms with Gasteiger partial charge in [0, 0.05) is 11.1 Å². The van der Waals surface area contributed by atoms with Crippen molar-refractivity contribution in [2.75, 3.05) is 7.11 Å². The smallest absolute Gasteiger partial charge is 0.150 e. The molecule has 24 heavy (non-hydrogen) atoms. The zero-order valence-electron chi connectivity index (χ0n) is 14.7. The van der Waals surface area contributed by atoms with E-state index in [0.717, 1.165) is 22.5 Å². The summed E-state index contributed by atoms with van der Waals surface area (Å²) in [7, 11) is 1.61. The van der Waals surface area contributed by atoms with E-state index in [9.17, 15) is 10.0 Å². The molecule has 2 aromatic carbocycles. The predicted molar refractivity (Wildman–Crippen MR) is 93.5 cm³/mol. The van der Waals surface area contributed by atoms with Crippen molar-refractivity contribution in [1.82, 2.24) is 5.06 Å². The van der Waals surface area contributed by atoms with Crippen LogP contribution in [0.25, 0.3) is 0 Å². The number of ether oxygens (including phenoxy) is 1. The average Bonchev–Trinajstić information content (AvgIpc) is 2.58. The summed E-state index contributed by atoms with van der Waals surface area (Å²) in [6, 6.07) is 14.5. The Hall–Kier alpha value is -2.17. The van der Waals surface area contributed by atoms with Gasteiger partial charge in [0.2, 0.25) is 0 Å². The van der Waals surface area contributed by atoms with Gasteiger partial charge in [0.1, 0.15) is 12.0 Å². The van der Waals surface area contributed by atoms with Gasteiger partial charge in [0.05, 0.1) is 13.2 Å². The lowest BCUT2D eigenvalue weighted by Gasteiger charge is -2.35. The molecule has 4 nitrogen and oxygen atoms in total. The van der Waals surface area contributed by atoms with E-state index in [1.165, 1.54) is 0 Å². The molecule has 0 heterocycles. The molecule has 1 atom stereocenters. The minimum atomic E-state index is -0.552. The van der Waals surface area contributed by atoms with Crippen LogP contribution < -0.4 is 4.74 Å². The zero-order valence-corrected chi connectivity index (χ0v) is 14.7. The lowest BCUT2D eigenvalue weighted by Crippen LogP contribution is -2.41. The number of nitrogens with zero attached hydrogens (tertiary/aromatic N) is 1. The SMILES string of the molecule is COc1cccc(C(Cc2ccccc2C=O)N([O])C(C)(C)C)c1. The quantitative estimate of drug-likeness (QED) is 0.589. The average molecular weight is 326 g/mol. The molecule has 0 saturated carbocycles. The normalized spacial score (nSPS) is 12.9. The molecule has 1 radical (unpaired) electrons. The van der Waals surface area contributed by atoms with Crippen LogP contribution in [0.4, 0.5) is 0 Å². The predicted octanol–water partition coefficient (Wildman–Crippen LogP) is 4.24. The van der Waals surface area contributed by atoms with Crippen LogP contribution >= 0.6 is 0 Å². The maximum Gasteiger partial charge on any atom is 0.150 e. The highest BCUT2D eigenvalue weighted by Crippen LogP contribution is 2.32. The third-order valence-corrected chi connectivity index (χ3v) is 4.02. The van der Waals surface area contributed by atoms with Crippen molar-refractivity contribution >= 4 is 6.29 Å². The highest BCUT2D eigenvalue weighted by Gasteiger charge is 2.31. The monoisotopic (exact) mass is 326 g/mol. The van der Waals surface area contributed by atoms with Gasteiger partial charge in [-0.05, 0) is 50.5 Å². The van der Waals surface area contributed by atoms with Crippen molar-refractivity contribution in [3.63, 3.8) is 0 Å². The Kier molecular flexibility index (Phi) is 5.75. The standard InChI is InChI=1S/C20H24NO3/c1-20(2,3)21(23)19(16-10-7-11-18(12-16)24-4)13-15-8-5-6-9-17(15)14-22/h5-12,14,19H,13H2,1-4H3. The second-order valence-corrected chi connectivity index (χ2v) is 6.81. The van der Waals surface area contributed by atoms with Crippen LogP contribution in [-0.4, -0.2) is 24.0 Å². The Morgan fingerprint density at radius 3 is 2.46 bits per heavy atom. The topological polar surface area (TPSA) is 49.4 Å². The first kappa shape index (κ1) is 18.2. The molecule has 0 N–H and O–H groups in total. The Bertz CT molecular complexity index is 691. The molecule has 0 saturated heterocycles. The first-order valence-corrected chi connectivity index (χ1v) is 8.00. The number of aldehydes is 1. The maximum atomic E-state index is 13.0. The van der Waals surface area contributed by atoms with Crippen molar-refractivity contribution in [2.24, 2.45) is 0 Å². The molecule has 2 aromatic rings. The summed E-state index contributed by atoms with van der Waals surface area (Å²) in [6.07, 6.45) is 1.30. The van der Waals surface area contributed by atoms with Gasteiger partial charge in [-0.15, -0.1) is 10.3 Å². The number of rotatable bonds is 6. The second-order valence-electron chi connectivity index (χ2n) is 6.81. The molecule has 0 amide bonds. The van der Waals surface area contributed by atoms with Crippen LogP contribution in [0.2, 0.25) is 0 Å². The lowest BCUT2D eigenvalue weighted by molar-refractivity contribution is -0.241. The molecule has 0 bridgehead atoms. The third-order valence-electron chi connectivity index (χ3n) is 4.02. The molecular weight excluding hydrogens is 302 g/mol. The molecule has 0 aliphatic rings. The van der Waals surface area contributed by atoms with Gasteiger partial charge >= 0.3 is 0 Å². The number of hydroxylamine groups is 2. The van der Waals surface area contributed by atoms with Crippen molar-refractivity contribution in [3.8, 4) is 5.75 Å². The number of methoxy groups -OCH3 is 1. The first-order chi connectivity index (χ1) is 11.4. The minimum absolute atomic E-state index is 0.402. The Morgan fingerprint density at radius 2 is 1.83 bits per heavy atom. The van der Waals surface area contributed by atoms with Crippen LogP contribution in [0.3, 0.4) is 0 Å². The number of carbonyl (C=O) groups excluding carboxylic acids is 1. The molecule has 127 valence electrons. The highest BCUT2D eigenvalue weighted by molar-refractivity contribution is 5.77. The third kappa shape index (κ3) is 4.22. The van der Waals surface area contributed by atoms with Crippen molar-refractivity contribution in [3.05, 3.63) is 65.2 Å². The van der Waals surface area contributed by atoms with Crippen LogP contribution in [0, 0.1) is 0 Å². The van der Waals surface area contributed by atoms with Crippen LogP contribution in [-0.2, 0) is 11.6 Å². The van der Waals surface area contributed by atoms with Gasteiger partial charge < -0.3 is 4.74 Å². The summed E-state index contributed by atoms with van der Waals surface area (Å²) in [6.45, 7) is 5.66. The Balaban J connectivity index is 2.44. The summed E-state index contributed by atoms with van der Waals surface area (Å²) in [5.74, 6) is 0.712. The first-order valence-electron chi connectivity index (χ1n) is 8.00. The molecular formula is C20H24NO3. The summed E-state index contributed by atoms with van der Waals surface area (Å²) in [4.78, 5) is 11.3. The van der Waals surface area contributed by atoms with Crippen LogP contribution in [0.1, 0.15) is 48.3 Å². The van der Waals surface area contributed by atoms with E-state index in [-0.39, 0.29) is 0 Å². The van der Waals surface area contributed by atoms with Crippen LogP contribution in [0.5, 0.6) is 5.75 Å². The molecule has 0 fully saturated rings. The zero-order chi connectivity index (χ0) is 17.7. The molecule has 0 aliphatic heterocycles. The fourth-order valence-electron chi connectivity index (χ4n) is 2.70. The van der Waals surface area contributed by atoms with Gasteiger partial charge in [-0.1, -0.05) is 36.4 Å².